The molecule has 0 aliphatic rings. The van der Waals surface area contributed by atoms with Crippen molar-refractivity contribution in [2.75, 3.05) is 12.4 Å². The molecule has 0 saturated carbocycles. The fraction of sp³-hybridized carbons (Fsp3) is 0.100. The average molecular weight is 174 g/mol. The van der Waals surface area contributed by atoms with Crippen LogP contribution in [0.1, 0.15) is 0 Å². The van der Waals surface area contributed by atoms with Gasteiger partial charge in [0.1, 0.15) is 0 Å². The maximum atomic E-state index is 9.48. The van der Waals surface area contributed by atoms with Crippen LogP contribution in [0.4, 0.5) is 5.82 Å². The zero-order valence-electron chi connectivity index (χ0n) is 7.28. The van der Waals surface area contributed by atoms with Crippen LogP contribution in [0.3, 0.4) is 0 Å². The van der Waals surface area contributed by atoms with Gasteiger partial charge in [-0.25, -0.2) is 4.98 Å². The second kappa shape index (κ2) is 2.94. The molecule has 0 atom stereocenters. The highest BCUT2D eigenvalue weighted by Crippen LogP contribution is 2.24. The van der Waals surface area contributed by atoms with Crippen LogP contribution in [0.2, 0.25) is 0 Å². The third kappa shape index (κ3) is 1.28. The Kier molecular flexibility index (Phi) is 1.77. The Bertz CT molecular complexity index is 440. The van der Waals surface area contributed by atoms with E-state index in [2.05, 4.69) is 10.3 Å². The van der Waals surface area contributed by atoms with E-state index >= 15 is 0 Å². The van der Waals surface area contributed by atoms with Gasteiger partial charge in [-0.05, 0) is 12.1 Å². The molecule has 0 amide bonds. The smallest absolute Gasteiger partial charge is 0.168 e. The summed E-state index contributed by atoms with van der Waals surface area (Å²) in [6.07, 6.45) is 0. The molecule has 1 aromatic carbocycles. The summed E-state index contributed by atoms with van der Waals surface area (Å²) in [5.74, 6) is 0.694. The summed E-state index contributed by atoms with van der Waals surface area (Å²) < 4.78 is 0. The van der Waals surface area contributed by atoms with Gasteiger partial charge in [0.2, 0.25) is 0 Å². The Morgan fingerprint density at radius 2 is 2.08 bits per heavy atom. The summed E-state index contributed by atoms with van der Waals surface area (Å²) in [5.41, 5.74) is 0.879. The van der Waals surface area contributed by atoms with E-state index in [1.165, 1.54) is 0 Å². The Labute approximate surface area is 76.0 Å². The van der Waals surface area contributed by atoms with Gasteiger partial charge in [-0.15, -0.1) is 0 Å². The summed E-state index contributed by atoms with van der Waals surface area (Å²) in [6, 6.07) is 9.37. The number of aromatic hydroxyl groups is 1. The number of hydrogen-bond donors (Lipinski definition) is 2. The first-order valence-corrected chi connectivity index (χ1v) is 4.08. The van der Waals surface area contributed by atoms with E-state index in [4.69, 9.17) is 0 Å². The maximum absolute atomic E-state index is 9.48. The average Bonchev–Trinajstić information content (AvgIpc) is 2.17. The maximum Gasteiger partial charge on any atom is 0.168 e. The molecule has 2 N–H and O–H groups in total. The number of anilines is 1. The lowest BCUT2D eigenvalue weighted by atomic mass is 10.2. The van der Waals surface area contributed by atoms with Crippen molar-refractivity contribution in [3.8, 4) is 5.75 Å². The molecular weight excluding hydrogens is 164 g/mol. The summed E-state index contributed by atoms with van der Waals surface area (Å²) in [4.78, 5) is 4.23. The first-order valence-electron chi connectivity index (χ1n) is 4.08. The zero-order valence-corrected chi connectivity index (χ0v) is 7.28. The summed E-state index contributed by atoms with van der Waals surface area (Å²) in [5, 5.41) is 13.3. The molecule has 13 heavy (non-hydrogen) atoms. The molecule has 2 rings (SSSR count). The SMILES string of the molecule is CNc1nc2ccccc2cc1O. The molecule has 3 nitrogen and oxygen atoms in total. The molecule has 0 spiro atoms. The largest absolute Gasteiger partial charge is 0.504 e. The van der Waals surface area contributed by atoms with Crippen molar-refractivity contribution in [1.82, 2.24) is 4.98 Å². The van der Waals surface area contributed by atoms with E-state index in [9.17, 15) is 5.11 Å². The molecule has 2 aromatic rings. The van der Waals surface area contributed by atoms with Gasteiger partial charge >= 0.3 is 0 Å². The van der Waals surface area contributed by atoms with Crippen LogP contribution in [-0.2, 0) is 0 Å². The number of fused-ring (bicyclic) bond motifs is 1. The van der Waals surface area contributed by atoms with E-state index in [1.807, 2.05) is 24.3 Å². The van der Waals surface area contributed by atoms with Gasteiger partial charge in [-0.2, -0.15) is 0 Å². The molecule has 0 unspecified atom stereocenters. The molecule has 0 aliphatic carbocycles. The highest BCUT2D eigenvalue weighted by molar-refractivity contribution is 5.82. The van der Waals surface area contributed by atoms with E-state index in [-0.39, 0.29) is 5.75 Å². The lowest BCUT2D eigenvalue weighted by molar-refractivity contribution is 0.476. The predicted octanol–water partition coefficient (Wildman–Crippen LogP) is 1.98. The van der Waals surface area contributed by atoms with Gasteiger partial charge in [-0.1, -0.05) is 18.2 Å². The molecule has 3 heteroatoms. The summed E-state index contributed by atoms with van der Waals surface area (Å²) >= 11 is 0. The van der Waals surface area contributed by atoms with Crippen LogP contribution in [0, 0.1) is 0 Å². The highest BCUT2D eigenvalue weighted by atomic mass is 16.3. The van der Waals surface area contributed by atoms with E-state index in [1.54, 1.807) is 13.1 Å². The van der Waals surface area contributed by atoms with Gasteiger partial charge in [0.05, 0.1) is 5.52 Å². The van der Waals surface area contributed by atoms with E-state index in [0.717, 1.165) is 10.9 Å². The Morgan fingerprint density at radius 1 is 1.31 bits per heavy atom. The van der Waals surface area contributed by atoms with Crippen LogP contribution < -0.4 is 5.32 Å². The third-order valence-electron chi connectivity index (χ3n) is 1.94. The van der Waals surface area contributed by atoms with Crippen molar-refractivity contribution in [2.24, 2.45) is 0 Å². The standard InChI is InChI=1S/C10H10N2O/c1-11-10-9(13)6-7-4-2-3-5-8(7)12-10/h2-6,13H,1H3,(H,11,12). The van der Waals surface area contributed by atoms with Crippen LogP contribution >= 0.6 is 0 Å². The third-order valence-corrected chi connectivity index (χ3v) is 1.94. The fourth-order valence-corrected chi connectivity index (χ4v) is 1.29. The van der Waals surface area contributed by atoms with Gasteiger partial charge in [0.25, 0.3) is 0 Å². The lowest BCUT2D eigenvalue weighted by Gasteiger charge is -2.04. The molecular formula is C10H10N2O. The number of rotatable bonds is 1. The monoisotopic (exact) mass is 174 g/mol. The highest BCUT2D eigenvalue weighted by Gasteiger charge is 2.02. The van der Waals surface area contributed by atoms with Crippen molar-refractivity contribution in [3.05, 3.63) is 30.3 Å². The molecule has 0 saturated heterocycles. The Balaban J connectivity index is 2.74. The van der Waals surface area contributed by atoms with E-state index < -0.39 is 0 Å². The Morgan fingerprint density at radius 3 is 2.85 bits per heavy atom. The molecule has 0 aliphatic heterocycles. The lowest BCUT2D eigenvalue weighted by Crippen LogP contribution is -1.92. The molecule has 0 radical (unpaired) electrons. The number of aromatic nitrogens is 1. The van der Waals surface area contributed by atoms with Crippen molar-refractivity contribution in [1.29, 1.82) is 0 Å². The van der Waals surface area contributed by atoms with Crippen molar-refractivity contribution >= 4 is 16.7 Å². The van der Waals surface area contributed by atoms with Crippen molar-refractivity contribution in [3.63, 3.8) is 0 Å². The quantitative estimate of drug-likeness (QED) is 0.694. The van der Waals surface area contributed by atoms with Crippen LogP contribution in [0.15, 0.2) is 30.3 Å². The first-order chi connectivity index (χ1) is 6.31. The fourth-order valence-electron chi connectivity index (χ4n) is 1.29. The zero-order chi connectivity index (χ0) is 9.26. The van der Waals surface area contributed by atoms with Crippen molar-refractivity contribution in [2.45, 2.75) is 0 Å². The number of nitrogens with zero attached hydrogens (tertiary/aromatic N) is 1. The molecule has 0 bridgehead atoms. The van der Waals surface area contributed by atoms with Gasteiger partial charge in [0.15, 0.2) is 11.6 Å². The minimum absolute atomic E-state index is 0.182. The number of pyridine rings is 1. The predicted molar refractivity (Wildman–Crippen MR) is 53.0 cm³/mol. The number of hydrogen-bond acceptors (Lipinski definition) is 3. The summed E-state index contributed by atoms with van der Waals surface area (Å²) in [7, 11) is 1.73. The number of para-hydroxylation sites is 1. The minimum Gasteiger partial charge on any atom is -0.504 e. The number of benzene rings is 1. The van der Waals surface area contributed by atoms with Crippen LogP contribution in [0.5, 0.6) is 5.75 Å². The normalized spacial score (nSPS) is 10.2. The topological polar surface area (TPSA) is 45.2 Å². The second-order valence-electron chi connectivity index (χ2n) is 2.80. The molecule has 1 aromatic heterocycles. The van der Waals surface area contributed by atoms with Crippen LogP contribution in [-0.4, -0.2) is 17.1 Å². The summed E-state index contributed by atoms with van der Waals surface area (Å²) in [6.45, 7) is 0. The van der Waals surface area contributed by atoms with Gasteiger partial charge in [-0.3, -0.25) is 0 Å². The minimum atomic E-state index is 0.182. The Hall–Kier alpha value is -1.77. The second-order valence-corrected chi connectivity index (χ2v) is 2.80. The van der Waals surface area contributed by atoms with Crippen LogP contribution in [0.25, 0.3) is 10.9 Å². The molecule has 1 heterocycles. The van der Waals surface area contributed by atoms with E-state index in [0.29, 0.717) is 5.82 Å². The van der Waals surface area contributed by atoms with Gasteiger partial charge in [0, 0.05) is 12.4 Å². The molecule has 0 fully saturated rings. The number of nitrogens with one attached hydrogen (secondary N) is 1. The van der Waals surface area contributed by atoms with Crippen molar-refractivity contribution < 1.29 is 5.11 Å². The first kappa shape index (κ1) is 7.86. The molecule has 66 valence electrons. The van der Waals surface area contributed by atoms with Gasteiger partial charge < -0.3 is 10.4 Å².